The molecule has 1 aliphatic rings. The number of nitrogens with zero attached hydrogens (tertiary/aromatic N) is 1. The Balaban J connectivity index is 1.95. The summed E-state index contributed by atoms with van der Waals surface area (Å²) in [6, 6.07) is 0. The average Bonchev–Trinajstić information content (AvgIpc) is 2.57. The van der Waals surface area contributed by atoms with E-state index in [9.17, 15) is 4.57 Å². The molecule has 156 valence electrons. The van der Waals surface area contributed by atoms with Gasteiger partial charge in [0.25, 0.3) is 0 Å². The Hall–Kier alpha value is 0.110. The van der Waals surface area contributed by atoms with Crippen LogP contribution in [0.4, 0.5) is 0 Å². The summed E-state index contributed by atoms with van der Waals surface area (Å²) in [7, 11) is -0.775. The lowest BCUT2D eigenvalue weighted by Crippen LogP contribution is -2.35. The third-order valence-electron chi connectivity index (χ3n) is 5.28. The first kappa shape index (κ1) is 24.1. The maximum absolute atomic E-state index is 12.2. The van der Waals surface area contributed by atoms with Gasteiger partial charge in [0.05, 0.1) is 12.7 Å². The van der Waals surface area contributed by atoms with Crippen molar-refractivity contribution in [1.29, 1.82) is 0 Å². The highest BCUT2D eigenvalue weighted by atomic mass is 31.2. The highest BCUT2D eigenvalue weighted by Crippen LogP contribution is 2.46. The van der Waals surface area contributed by atoms with Crippen LogP contribution in [-0.2, 0) is 13.6 Å². The number of hydrogen-bond acceptors (Lipinski definition) is 4. The summed E-state index contributed by atoms with van der Waals surface area (Å²) in [5.41, 5.74) is 0. The van der Waals surface area contributed by atoms with Crippen molar-refractivity contribution >= 4 is 7.60 Å². The Labute approximate surface area is 162 Å². The van der Waals surface area contributed by atoms with E-state index >= 15 is 0 Å². The van der Waals surface area contributed by atoms with Crippen molar-refractivity contribution in [2.24, 2.45) is 0 Å². The van der Waals surface area contributed by atoms with Gasteiger partial charge < -0.3 is 13.9 Å². The zero-order valence-corrected chi connectivity index (χ0v) is 18.6. The molecule has 0 aromatic heterocycles. The molecule has 0 bridgehead atoms. The summed E-state index contributed by atoms with van der Waals surface area (Å²) in [6.07, 6.45) is 18.8. The molecule has 4 nitrogen and oxygen atoms in total. The fraction of sp³-hybridized carbons (Fsp3) is 1.00. The van der Waals surface area contributed by atoms with Gasteiger partial charge >= 0.3 is 7.60 Å². The Morgan fingerprint density at radius 1 is 0.885 bits per heavy atom. The lowest BCUT2D eigenvalue weighted by Gasteiger charge is -2.30. The summed E-state index contributed by atoms with van der Waals surface area (Å²) in [5.74, 6) is 0. The van der Waals surface area contributed by atoms with Crippen LogP contribution in [0.1, 0.15) is 96.8 Å². The maximum atomic E-state index is 12.2. The van der Waals surface area contributed by atoms with Crippen LogP contribution < -0.4 is 0 Å². The van der Waals surface area contributed by atoms with Crippen molar-refractivity contribution in [2.75, 3.05) is 33.4 Å². The van der Waals surface area contributed by atoms with Crippen LogP contribution in [0.25, 0.3) is 0 Å². The average molecular weight is 390 g/mol. The molecular weight excluding hydrogens is 345 g/mol. The quantitative estimate of drug-likeness (QED) is 0.247. The van der Waals surface area contributed by atoms with Crippen molar-refractivity contribution in [1.82, 2.24) is 4.90 Å². The fourth-order valence-electron chi connectivity index (χ4n) is 3.67. The zero-order chi connectivity index (χ0) is 19.1. The summed E-state index contributed by atoms with van der Waals surface area (Å²) in [6.45, 7) is 6.07. The van der Waals surface area contributed by atoms with Crippen LogP contribution in [0.5, 0.6) is 0 Å². The van der Waals surface area contributed by atoms with Gasteiger partial charge in [0.1, 0.15) is 0 Å². The fourth-order valence-corrected chi connectivity index (χ4v) is 4.86. The number of hydrogen-bond donors (Lipinski definition) is 0. The topological polar surface area (TPSA) is 38.8 Å². The number of unbranched alkanes of at least 4 members (excludes halogenated alkanes) is 12. The number of likely N-dealkylation sites (N-methyl/N-ethyl adjacent to an activating group) is 1. The molecule has 2 unspecified atom stereocenters. The van der Waals surface area contributed by atoms with Crippen LogP contribution in [0.15, 0.2) is 0 Å². The van der Waals surface area contributed by atoms with Crippen LogP contribution in [0, 0.1) is 0 Å². The summed E-state index contributed by atoms with van der Waals surface area (Å²) < 4.78 is 23.3. The molecule has 0 spiro atoms. The predicted molar refractivity (Wildman–Crippen MR) is 112 cm³/mol. The second-order valence-corrected chi connectivity index (χ2v) is 10.1. The molecule has 1 aliphatic heterocycles. The SMILES string of the molecule is CCCCCCCCCCCCCCCC1CN(C)CCOP(C)(=O)O1. The first-order valence-corrected chi connectivity index (χ1v) is 13.1. The predicted octanol–water partition coefficient (Wildman–Crippen LogP) is 6.64. The van der Waals surface area contributed by atoms with Crippen LogP contribution in [0.2, 0.25) is 0 Å². The third kappa shape index (κ3) is 13.3. The Bertz CT molecular complexity index is 378. The van der Waals surface area contributed by atoms with Crippen LogP contribution >= 0.6 is 7.60 Å². The van der Waals surface area contributed by atoms with Gasteiger partial charge in [-0.05, 0) is 13.5 Å². The minimum atomic E-state index is -2.85. The Morgan fingerprint density at radius 2 is 1.38 bits per heavy atom. The van der Waals surface area contributed by atoms with E-state index in [1.54, 1.807) is 6.66 Å². The molecule has 0 saturated carbocycles. The molecule has 5 heteroatoms. The lowest BCUT2D eigenvalue weighted by atomic mass is 10.0. The highest BCUT2D eigenvalue weighted by Gasteiger charge is 2.26. The molecule has 1 heterocycles. The molecule has 0 aliphatic carbocycles. The lowest BCUT2D eigenvalue weighted by molar-refractivity contribution is 0.0768. The van der Waals surface area contributed by atoms with Gasteiger partial charge in [-0.2, -0.15) is 0 Å². The molecular formula is C21H44NO3P. The summed E-state index contributed by atoms with van der Waals surface area (Å²) in [4.78, 5) is 2.21. The first-order valence-electron chi connectivity index (χ1n) is 11.1. The van der Waals surface area contributed by atoms with Gasteiger partial charge in [-0.1, -0.05) is 90.4 Å². The standard InChI is InChI=1S/C21H44NO3P/c1-4-5-6-7-8-9-10-11-12-13-14-15-16-17-21-20-22(2)18-19-24-26(3,23)25-21/h21H,4-20H2,1-3H3. The monoisotopic (exact) mass is 389 g/mol. The second-order valence-electron chi connectivity index (χ2n) is 8.13. The van der Waals surface area contributed by atoms with E-state index in [2.05, 4.69) is 18.9 Å². The van der Waals surface area contributed by atoms with E-state index in [0.29, 0.717) is 6.61 Å². The van der Waals surface area contributed by atoms with Gasteiger partial charge in [0.2, 0.25) is 0 Å². The Morgan fingerprint density at radius 3 is 1.92 bits per heavy atom. The minimum absolute atomic E-state index is 0.0452. The number of rotatable bonds is 14. The highest BCUT2D eigenvalue weighted by molar-refractivity contribution is 7.53. The van der Waals surface area contributed by atoms with Crippen LogP contribution in [-0.4, -0.2) is 44.4 Å². The largest absolute Gasteiger partial charge is 0.327 e. The van der Waals surface area contributed by atoms with Crippen molar-refractivity contribution in [3.8, 4) is 0 Å². The summed E-state index contributed by atoms with van der Waals surface area (Å²) >= 11 is 0. The van der Waals surface area contributed by atoms with E-state index in [-0.39, 0.29) is 6.10 Å². The maximum Gasteiger partial charge on any atom is 0.327 e. The van der Waals surface area contributed by atoms with Gasteiger partial charge in [0.15, 0.2) is 0 Å². The minimum Gasteiger partial charge on any atom is -0.307 e. The molecule has 0 radical (unpaired) electrons. The van der Waals surface area contributed by atoms with Gasteiger partial charge in [-0.15, -0.1) is 0 Å². The van der Waals surface area contributed by atoms with Crippen molar-refractivity contribution in [3.05, 3.63) is 0 Å². The van der Waals surface area contributed by atoms with E-state index in [1.807, 2.05) is 0 Å². The molecule has 0 N–H and O–H groups in total. The first-order chi connectivity index (χ1) is 12.5. The van der Waals surface area contributed by atoms with Gasteiger partial charge in [-0.3, -0.25) is 4.57 Å². The van der Waals surface area contributed by atoms with E-state index in [4.69, 9.17) is 9.05 Å². The Kier molecular flexibility index (Phi) is 14.0. The van der Waals surface area contributed by atoms with Gasteiger partial charge in [0, 0.05) is 19.8 Å². The van der Waals surface area contributed by atoms with E-state index in [1.165, 1.54) is 77.0 Å². The normalized spacial score (nSPS) is 25.1. The molecule has 26 heavy (non-hydrogen) atoms. The molecule has 0 amide bonds. The van der Waals surface area contributed by atoms with Gasteiger partial charge in [-0.25, -0.2) is 0 Å². The van der Waals surface area contributed by atoms with E-state index in [0.717, 1.165) is 25.9 Å². The van der Waals surface area contributed by atoms with E-state index < -0.39 is 7.60 Å². The van der Waals surface area contributed by atoms with Crippen molar-refractivity contribution in [2.45, 2.75) is 103 Å². The van der Waals surface area contributed by atoms with Crippen molar-refractivity contribution in [3.63, 3.8) is 0 Å². The molecule has 1 fully saturated rings. The smallest absolute Gasteiger partial charge is 0.307 e. The molecule has 1 rings (SSSR count). The summed E-state index contributed by atoms with van der Waals surface area (Å²) in [5, 5.41) is 0. The molecule has 2 atom stereocenters. The van der Waals surface area contributed by atoms with Crippen molar-refractivity contribution < 1.29 is 13.6 Å². The molecule has 1 saturated heterocycles. The zero-order valence-electron chi connectivity index (χ0n) is 17.7. The molecule has 0 aromatic rings. The van der Waals surface area contributed by atoms with Crippen LogP contribution in [0.3, 0.4) is 0 Å². The molecule has 0 aromatic carbocycles. The second kappa shape index (κ2) is 15.1. The third-order valence-corrected chi connectivity index (χ3v) is 6.62.